The number of hydrogen-bond donors (Lipinski definition) is 1. The maximum Gasteiger partial charge on any atom is 0.261 e. The van der Waals surface area contributed by atoms with E-state index in [9.17, 15) is 8.42 Å². The van der Waals surface area contributed by atoms with E-state index in [-0.39, 0.29) is 4.90 Å². The summed E-state index contributed by atoms with van der Waals surface area (Å²) < 4.78 is 33.5. The molecule has 0 unspecified atom stereocenters. The first-order valence-electron chi connectivity index (χ1n) is 7.02. The lowest BCUT2D eigenvalue weighted by molar-refractivity contribution is 0.309. The molecular weight excluding hydrogens is 366 g/mol. The molecule has 2 aromatic carbocycles. The van der Waals surface area contributed by atoms with Gasteiger partial charge < -0.3 is 4.74 Å². The first-order valence-corrected chi connectivity index (χ1v) is 9.30. The largest absolute Gasteiger partial charge is 0.494 e. The van der Waals surface area contributed by atoms with Crippen LogP contribution in [-0.2, 0) is 10.0 Å². The highest BCUT2D eigenvalue weighted by Gasteiger charge is 2.14. The van der Waals surface area contributed by atoms with E-state index < -0.39 is 10.0 Å². The van der Waals surface area contributed by atoms with Gasteiger partial charge in [-0.3, -0.25) is 4.72 Å². The molecule has 0 aromatic heterocycles. The molecule has 0 aliphatic rings. The SMILES string of the molecule is CCCCOc1ccc(S(=O)(=O)Nc2cccc(Br)c2)cc1. The number of ether oxygens (including phenoxy) is 1. The molecule has 0 spiro atoms. The van der Waals surface area contributed by atoms with Crippen LogP contribution in [0.25, 0.3) is 0 Å². The molecule has 1 N–H and O–H groups in total. The fourth-order valence-electron chi connectivity index (χ4n) is 1.82. The maximum atomic E-state index is 12.3. The van der Waals surface area contributed by atoms with Gasteiger partial charge in [0.15, 0.2) is 0 Å². The number of rotatable bonds is 7. The van der Waals surface area contributed by atoms with Gasteiger partial charge in [0.1, 0.15) is 5.75 Å². The van der Waals surface area contributed by atoms with Crippen molar-refractivity contribution in [3.8, 4) is 5.75 Å². The van der Waals surface area contributed by atoms with Crippen LogP contribution in [0, 0.1) is 0 Å². The smallest absolute Gasteiger partial charge is 0.261 e. The number of unbranched alkanes of at least 4 members (excludes halogenated alkanes) is 1. The molecule has 6 heteroatoms. The topological polar surface area (TPSA) is 55.4 Å². The summed E-state index contributed by atoms with van der Waals surface area (Å²) in [5.41, 5.74) is 0.512. The van der Waals surface area contributed by atoms with Crippen molar-refractivity contribution >= 4 is 31.6 Å². The molecule has 0 heterocycles. The zero-order valence-electron chi connectivity index (χ0n) is 12.3. The molecule has 0 fully saturated rings. The van der Waals surface area contributed by atoms with Crippen molar-refractivity contribution in [3.05, 3.63) is 53.0 Å². The van der Waals surface area contributed by atoms with Crippen LogP contribution in [0.3, 0.4) is 0 Å². The molecule has 0 saturated carbocycles. The van der Waals surface area contributed by atoms with Crippen molar-refractivity contribution in [3.63, 3.8) is 0 Å². The number of nitrogens with one attached hydrogen (secondary N) is 1. The van der Waals surface area contributed by atoms with Crippen LogP contribution in [0.4, 0.5) is 5.69 Å². The fourth-order valence-corrected chi connectivity index (χ4v) is 3.26. The van der Waals surface area contributed by atoms with Gasteiger partial charge in [0.05, 0.1) is 11.5 Å². The number of hydrogen-bond acceptors (Lipinski definition) is 3. The van der Waals surface area contributed by atoms with E-state index in [4.69, 9.17) is 4.74 Å². The van der Waals surface area contributed by atoms with Gasteiger partial charge in [0, 0.05) is 10.2 Å². The maximum absolute atomic E-state index is 12.3. The summed E-state index contributed by atoms with van der Waals surface area (Å²) in [6.07, 6.45) is 2.04. The Morgan fingerprint density at radius 2 is 1.86 bits per heavy atom. The van der Waals surface area contributed by atoms with Crippen molar-refractivity contribution in [2.24, 2.45) is 0 Å². The van der Waals surface area contributed by atoms with E-state index in [0.29, 0.717) is 18.0 Å². The highest BCUT2D eigenvalue weighted by Crippen LogP contribution is 2.21. The first-order chi connectivity index (χ1) is 10.5. The lowest BCUT2D eigenvalue weighted by Crippen LogP contribution is -2.12. The van der Waals surface area contributed by atoms with E-state index in [1.54, 1.807) is 42.5 Å². The molecule has 0 aliphatic carbocycles. The summed E-state index contributed by atoms with van der Waals surface area (Å²) >= 11 is 3.31. The minimum Gasteiger partial charge on any atom is -0.494 e. The average Bonchev–Trinajstić information content (AvgIpc) is 2.47. The van der Waals surface area contributed by atoms with Crippen molar-refractivity contribution in [1.82, 2.24) is 0 Å². The molecule has 22 heavy (non-hydrogen) atoms. The van der Waals surface area contributed by atoms with E-state index in [1.165, 1.54) is 0 Å². The third kappa shape index (κ3) is 4.74. The van der Waals surface area contributed by atoms with Gasteiger partial charge in [-0.25, -0.2) is 8.42 Å². The summed E-state index contributed by atoms with van der Waals surface area (Å²) in [6, 6.07) is 13.4. The van der Waals surface area contributed by atoms with Crippen LogP contribution in [0.1, 0.15) is 19.8 Å². The molecule has 118 valence electrons. The fraction of sp³-hybridized carbons (Fsp3) is 0.250. The summed E-state index contributed by atoms with van der Waals surface area (Å²) in [4.78, 5) is 0.204. The van der Waals surface area contributed by atoms with E-state index in [0.717, 1.165) is 17.3 Å². The zero-order chi connectivity index (χ0) is 16.0. The van der Waals surface area contributed by atoms with Gasteiger partial charge in [-0.1, -0.05) is 35.3 Å². The Balaban J connectivity index is 2.09. The zero-order valence-corrected chi connectivity index (χ0v) is 14.7. The Bertz CT molecular complexity index is 714. The van der Waals surface area contributed by atoms with Crippen LogP contribution in [-0.4, -0.2) is 15.0 Å². The standard InChI is InChI=1S/C16H18BrNO3S/c1-2-3-11-21-15-7-9-16(10-8-15)22(19,20)18-14-6-4-5-13(17)12-14/h4-10,12,18H,2-3,11H2,1H3. The van der Waals surface area contributed by atoms with Crippen LogP contribution >= 0.6 is 15.9 Å². The molecule has 0 bridgehead atoms. The van der Waals surface area contributed by atoms with Gasteiger partial charge in [-0.15, -0.1) is 0 Å². The van der Waals surface area contributed by atoms with E-state index in [2.05, 4.69) is 27.6 Å². The number of sulfonamides is 1. The number of anilines is 1. The number of halogens is 1. The van der Waals surface area contributed by atoms with Crippen molar-refractivity contribution < 1.29 is 13.2 Å². The second-order valence-electron chi connectivity index (χ2n) is 4.79. The lowest BCUT2D eigenvalue weighted by atomic mass is 10.3. The average molecular weight is 384 g/mol. The minimum absolute atomic E-state index is 0.204. The molecular formula is C16H18BrNO3S. The van der Waals surface area contributed by atoms with Gasteiger partial charge in [-0.05, 0) is 48.9 Å². The monoisotopic (exact) mass is 383 g/mol. The predicted molar refractivity (Wildman–Crippen MR) is 91.8 cm³/mol. The van der Waals surface area contributed by atoms with Crippen LogP contribution in [0.2, 0.25) is 0 Å². The highest BCUT2D eigenvalue weighted by atomic mass is 79.9. The molecule has 4 nitrogen and oxygen atoms in total. The Morgan fingerprint density at radius 1 is 1.14 bits per heavy atom. The molecule has 0 atom stereocenters. The second kappa shape index (κ2) is 7.65. The predicted octanol–water partition coefficient (Wildman–Crippen LogP) is 4.43. The van der Waals surface area contributed by atoms with Crippen molar-refractivity contribution in [2.75, 3.05) is 11.3 Å². The first kappa shape index (κ1) is 16.8. The van der Waals surface area contributed by atoms with Gasteiger partial charge in [-0.2, -0.15) is 0 Å². The third-order valence-electron chi connectivity index (χ3n) is 2.98. The summed E-state index contributed by atoms with van der Waals surface area (Å²) in [6.45, 7) is 2.73. The van der Waals surface area contributed by atoms with Gasteiger partial charge >= 0.3 is 0 Å². The number of benzene rings is 2. The second-order valence-corrected chi connectivity index (χ2v) is 7.39. The quantitative estimate of drug-likeness (QED) is 0.719. The Kier molecular flexibility index (Phi) is 5.85. The molecule has 2 aromatic rings. The van der Waals surface area contributed by atoms with Crippen molar-refractivity contribution in [2.45, 2.75) is 24.7 Å². The Labute approximate surface area is 139 Å². The van der Waals surface area contributed by atoms with Gasteiger partial charge in [0.2, 0.25) is 0 Å². The summed E-state index contributed by atoms with van der Waals surface area (Å²) in [7, 11) is -3.60. The summed E-state index contributed by atoms with van der Waals surface area (Å²) in [5, 5.41) is 0. The molecule has 0 radical (unpaired) electrons. The molecule has 0 aliphatic heterocycles. The van der Waals surface area contributed by atoms with Crippen LogP contribution in [0.5, 0.6) is 5.75 Å². The lowest BCUT2D eigenvalue weighted by Gasteiger charge is -2.10. The van der Waals surface area contributed by atoms with Crippen LogP contribution < -0.4 is 9.46 Å². The molecule has 0 amide bonds. The normalized spacial score (nSPS) is 11.2. The minimum atomic E-state index is -3.60. The van der Waals surface area contributed by atoms with Crippen molar-refractivity contribution in [1.29, 1.82) is 0 Å². The van der Waals surface area contributed by atoms with Crippen LogP contribution in [0.15, 0.2) is 57.9 Å². The summed E-state index contributed by atoms with van der Waals surface area (Å²) in [5.74, 6) is 0.676. The van der Waals surface area contributed by atoms with E-state index in [1.807, 2.05) is 6.07 Å². The Morgan fingerprint density at radius 3 is 2.50 bits per heavy atom. The third-order valence-corrected chi connectivity index (χ3v) is 4.87. The highest BCUT2D eigenvalue weighted by molar-refractivity contribution is 9.10. The Hall–Kier alpha value is -1.53. The molecule has 0 saturated heterocycles. The molecule has 2 rings (SSSR count). The van der Waals surface area contributed by atoms with Gasteiger partial charge in [0.25, 0.3) is 10.0 Å². The van der Waals surface area contributed by atoms with E-state index >= 15 is 0 Å².